The number of carbonyl (C=O) groups is 1. The maximum absolute atomic E-state index is 12.5. The van der Waals surface area contributed by atoms with Gasteiger partial charge in [0.15, 0.2) is 5.78 Å². The Bertz CT molecular complexity index is 677. The maximum Gasteiger partial charge on any atom is 0.196 e. The quantitative estimate of drug-likeness (QED) is 0.785. The van der Waals surface area contributed by atoms with Crippen molar-refractivity contribution in [2.45, 2.75) is 0 Å². The third-order valence-electron chi connectivity index (χ3n) is 3.15. The van der Waals surface area contributed by atoms with Crippen LogP contribution in [0.15, 0.2) is 48.3 Å². The van der Waals surface area contributed by atoms with E-state index in [0.29, 0.717) is 22.6 Å². The van der Waals surface area contributed by atoms with Crippen LogP contribution in [0.25, 0.3) is 6.08 Å². The molecule has 1 aromatic carbocycles. The third-order valence-corrected chi connectivity index (χ3v) is 3.15. The van der Waals surface area contributed by atoms with Crippen LogP contribution in [0, 0.1) is 0 Å². The van der Waals surface area contributed by atoms with Crippen LogP contribution in [0.3, 0.4) is 0 Å². The van der Waals surface area contributed by atoms with Crippen molar-refractivity contribution in [3.63, 3.8) is 0 Å². The standard InChI is InChI=1S/C16H13NO3/c1-19-13-2-3-15-14(9-13)16(18)12(10-20-15)8-11-4-6-17-7-5-11/h2-9H,10H2,1H3. The second-order valence-corrected chi connectivity index (χ2v) is 4.43. The minimum Gasteiger partial charge on any atom is -0.497 e. The molecule has 0 atom stereocenters. The van der Waals surface area contributed by atoms with E-state index in [1.807, 2.05) is 18.2 Å². The van der Waals surface area contributed by atoms with Crippen molar-refractivity contribution in [1.29, 1.82) is 0 Å². The molecule has 0 fully saturated rings. The second kappa shape index (κ2) is 5.17. The van der Waals surface area contributed by atoms with Crippen molar-refractivity contribution < 1.29 is 14.3 Å². The van der Waals surface area contributed by atoms with Gasteiger partial charge in [-0.15, -0.1) is 0 Å². The van der Waals surface area contributed by atoms with Crippen LogP contribution in [0.4, 0.5) is 0 Å². The molecule has 0 spiro atoms. The molecule has 20 heavy (non-hydrogen) atoms. The van der Waals surface area contributed by atoms with Gasteiger partial charge in [0.25, 0.3) is 0 Å². The van der Waals surface area contributed by atoms with Gasteiger partial charge in [-0.05, 0) is 42.0 Å². The SMILES string of the molecule is COc1ccc2c(c1)C(=O)C(=Cc1ccncc1)CO2. The molecule has 1 aliphatic heterocycles. The number of hydrogen-bond acceptors (Lipinski definition) is 4. The summed E-state index contributed by atoms with van der Waals surface area (Å²) in [6.45, 7) is 0.278. The molecule has 4 nitrogen and oxygen atoms in total. The Hall–Kier alpha value is -2.62. The highest BCUT2D eigenvalue weighted by Gasteiger charge is 2.23. The molecule has 1 aliphatic rings. The molecule has 0 saturated carbocycles. The molecular weight excluding hydrogens is 254 g/mol. The Morgan fingerprint density at radius 1 is 1.25 bits per heavy atom. The van der Waals surface area contributed by atoms with Crippen LogP contribution in [0.2, 0.25) is 0 Å². The van der Waals surface area contributed by atoms with Crippen molar-refractivity contribution in [2.24, 2.45) is 0 Å². The monoisotopic (exact) mass is 267 g/mol. The Labute approximate surface area is 116 Å². The first-order valence-electron chi connectivity index (χ1n) is 6.24. The van der Waals surface area contributed by atoms with Crippen molar-refractivity contribution >= 4 is 11.9 Å². The first-order valence-corrected chi connectivity index (χ1v) is 6.24. The number of carbonyl (C=O) groups excluding carboxylic acids is 1. The lowest BCUT2D eigenvalue weighted by molar-refractivity contribution is 0.100. The van der Waals surface area contributed by atoms with Crippen LogP contribution >= 0.6 is 0 Å². The Balaban J connectivity index is 1.98. The van der Waals surface area contributed by atoms with Crippen molar-refractivity contribution in [3.8, 4) is 11.5 Å². The van der Waals surface area contributed by atoms with E-state index < -0.39 is 0 Å². The lowest BCUT2D eigenvalue weighted by Gasteiger charge is -2.19. The zero-order valence-electron chi connectivity index (χ0n) is 11.0. The number of nitrogens with zero attached hydrogens (tertiary/aromatic N) is 1. The highest BCUT2D eigenvalue weighted by Crippen LogP contribution is 2.31. The van der Waals surface area contributed by atoms with E-state index in [4.69, 9.17) is 9.47 Å². The number of aromatic nitrogens is 1. The smallest absolute Gasteiger partial charge is 0.196 e. The van der Waals surface area contributed by atoms with Crippen LogP contribution in [-0.2, 0) is 0 Å². The summed E-state index contributed by atoms with van der Waals surface area (Å²) in [5.74, 6) is 1.22. The van der Waals surface area contributed by atoms with Gasteiger partial charge in [-0.2, -0.15) is 0 Å². The van der Waals surface area contributed by atoms with Crippen LogP contribution in [0.5, 0.6) is 11.5 Å². The molecule has 0 unspecified atom stereocenters. The largest absolute Gasteiger partial charge is 0.497 e. The molecule has 0 N–H and O–H groups in total. The van der Waals surface area contributed by atoms with Crippen LogP contribution in [-0.4, -0.2) is 24.5 Å². The van der Waals surface area contributed by atoms with E-state index in [1.165, 1.54) is 0 Å². The van der Waals surface area contributed by atoms with Gasteiger partial charge in [0.05, 0.1) is 12.7 Å². The summed E-state index contributed by atoms with van der Waals surface area (Å²) >= 11 is 0. The molecule has 3 rings (SSSR count). The topological polar surface area (TPSA) is 48.4 Å². The van der Waals surface area contributed by atoms with E-state index in [9.17, 15) is 4.79 Å². The first-order chi connectivity index (χ1) is 9.78. The highest BCUT2D eigenvalue weighted by atomic mass is 16.5. The number of fused-ring (bicyclic) bond motifs is 1. The van der Waals surface area contributed by atoms with Crippen molar-refractivity contribution in [2.75, 3.05) is 13.7 Å². The Kier molecular flexibility index (Phi) is 3.21. The van der Waals surface area contributed by atoms with Crippen LogP contribution < -0.4 is 9.47 Å². The summed E-state index contributed by atoms with van der Waals surface area (Å²) in [6.07, 6.45) is 5.21. The number of ether oxygens (including phenoxy) is 2. The fraction of sp³-hybridized carbons (Fsp3) is 0.125. The van der Waals surface area contributed by atoms with Crippen molar-refractivity contribution in [1.82, 2.24) is 4.98 Å². The lowest BCUT2D eigenvalue weighted by Crippen LogP contribution is -2.19. The average Bonchev–Trinajstić information content (AvgIpc) is 2.51. The predicted molar refractivity (Wildman–Crippen MR) is 75.0 cm³/mol. The first kappa shape index (κ1) is 12.4. The molecule has 1 aromatic heterocycles. The molecular formula is C16H13NO3. The van der Waals surface area contributed by atoms with Crippen molar-refractivity contribution in [3.05, 3.63) is 59.4 Å². The molecule has 100 valence electrons. The van der Waals surface area contributed by atoms with E-state index in [1.54, 1.807) is 37.7 Å². The minimum absolute atomic E-state index is 0.0260. The van der Waals surface area contributed by atoms with Gasteiger partial charge < -0.3 is 9.47 Å². The highest BCUT2D eigenvalue weighted by molar-refractivity contribution is 6.14. The maximum atomic E-state index is 12.5. The second-order valence-electron chi connectivity index (χ2n) is 4.43. The lowest BCUT2D eigenvalue weighted by atomic mass is 9.98. The number of rotatable bonds is 2. The average molecular weight is 267 g/mol. The van der Waals surface area contributed by atoms with E-state index in [2.05, 4.69) is 4.98 Å². The molecule has 0 saturated heterocycles. The summed E-state index contributed by atoms with van der Waals surface area (Å²) in [5.41, 5.74) is 2.09. The van der Waals surface area contributed by atoms with E-state index >= 15 is 0 Å². The third kappa shape index (κ3) is 2.28. The fourth-order valence-electron chi connectivity index (χ4n) is 2.10. The molecule has 2 aromatic rings. The minimum atomic E-state index is -0.0260. The summed E-state index contributed by atoms with van der Waals surface area (Å²) < 4.78 is 10.8. The Morgan fingerprint density at radius 2 is 2.05 bits per heavy atom. The molecule has 2 heterocycles. The molecule has 0 aliphatic carbocycles. The molecule has 0 amide bonds. The predicted octanol–water partition coefficient (Wildman–Crippen LogP) is 2.75. The van der Waals surface area contributed by atoms with E-state index in [-0.39, 0.29) is 12.4 Å². The molecule has 0 radical (unpaired) electrons. The molecule has 0 bridgehead atoms. The van der Waals surface area contributed by atoms with E-state index in [0.717, 1.165) is 5.56 Å². The zero-order chi connectivity index (χ0) is 13.9. The Morgan fingerprint density at radius 3 is 2.80 bits per heavy atom. The number of hydrogen-bond donors (Lipinski definition) is 0. The fourth-order valence-corrected chi connectivity index (χ4v) is 2.10. The summed E-state index contributed by atoms with van der Waals surface area (Å²) in [6, 6.07) is 8.94. The number of ketones is 1. The summed E-state index contributed by atoms with van der Waals surface area (Å²) in [4.78, 5) is 16.4. The normalized spacial score (nSPS) is 15.7. The molecule has 4 heteroatoms. The van der Waals surface area contributed by atoms with Gasteiger partial charge in [0.1, 0.15) is 18.1 Å². The van der Waals surface area contributed by atoms with Gasteiger partial charge in [0.2, 0.25) is 0 Å². The van der Waals surface area contributed by atoms with Gasteiger partial charge in [0, 0.05) is 18.0 Å². The number of methoxy groups -OCH3 is 1. The van der Waals surface area contributed by atoms with Gasteiger partial charge >= 0.3 is 0 Å². The zero-order valence-corrected chi connectivity index (χ0v) is 11.0. The summed E-state index contributed by atoms with van der Waals surface area (Å²) in [5, 5.41) is 0. The number of benzene rings is 1. The summed E-state index contributed by atoms with van der Waals surface area (Å²) in [7, 11) is 1.57. The van der Waals surface area contributed by atoms with Gasteiger partial charge in [-0.3, -0.25) is 9.78 Å². The number of Topliss-reactive ketones (excluding diaryl/α,β-unsaturated/α-hetero) is 1. The van der Waals surface area contributed by atoms with Crippen LogP contribution in [0.1, 0.15) is 15.9 Å². The number of pyridine rings is 1. The van der Waals surface area contributed by atoms with Gasteiger partial charge in [-0.25, -0.2) is 0 Å². The van der Waals surface area contributed by atoms with Gasteiger partial charge in [-0.1, -0.05) is 0 Å².